The fraction of sp³-hybridized carbons (Fsp3) is 0.263. The second kappa shape index (κ2) is 9.36. The van der Waals surface area contributed by atoms with Gasteiger partial charge in [-0.2, -0.15) is 0 Å². The molecular weight excluding hydrogens is 368 g/mol. The average molecular weight is 388 g/mol. The first-order valence-electron chi connectivity index (χ1n) is 8.43. The Hall–Kier alpha value is -3.62. The van der Waals surface area contributed by atoms with Crippen molar-refractivity contribution >= 4 is 23.3 Å². The number of nitrogens with zero attached hydrogens (tertiary/aromatic N) is 1. The Morgan fingerprint density at radius 1 is 1.18 bits per heavy atom. The van der Waals surface area contributed by atoms with E-state index >= 15 is 0 Å². The van der Waals surface area contributed by atoms with E-state index in [9.17, 15) is 19.7 Å². The first-order chi connectivity index (χ1) is 13.4. The van der Waals surface area contributed by atoms with Crippen LogP contribution in [0.1, 0.15) is 24.2 Å². The van der Waals surface area contributed by atoms with Crippen LogP contribution in [-0.2, 0) is 9.53 Å². The van der Waals surface area contributed by atoms with Crippen molar-refractivity contribution in [2.45, 2.75) is 20.0 Å². The van der Waals surface area contributed by atoms with Crippen molar-refractivity contribution < 1.29 is 28.7 Å². The highest BCUT2D eigenvalue weighted by Gasteiger charge is 2.23. The number of amides is 1. The third-order valence-electron chi connectivity index (χ3n) is 3.71. The van der Waals surface area contributed by atoms with Crippen LogP contribution in [0.15, 0.2) is 42.5 Å². The number of esters is 1. The largest absolute Gasteiger partial charge is 0.495 e. The Labute approximate surface area is 161 Å². The molecule has 0 aliphatic heterocycles. The number of hydrogen-bond acceptors (Lipinski definition) is 7. The molecular formula is C19H20N2O7. The van der Waals surface area contributed by atoms with Gasteiger partial charge >= 0.3 is 11.7 Å². The summed E-state index contributed by atoms with van der Waals surface area (Å²) in [6.45, 7) is 3.32. The molecule has 148 valence electrons. The maximum absolute atomic E-state index is 12.3. The minimum atomic E-state index is -1.14. The first-order valence-corrected chi connectivity index (χ1v) is 8.43. The van der Waals surface area contributed by atoms with E-state index in [0.29, 0.717) is 11.4 Å². The number of nitro groups is 1. The Balaban J connectivity index is 2.10. The molecule has 9 nitrogen and oxygen atoms in total. The van der Waals surface area contributed by atoms with E-state index in [-0.39, 0.29) is 23.6 Å². The zero-order valence-corrected chi connectivity index (χ0v) is 15.6. The zero-order valence-electron chi connectivity index (χ0n) is 15.6. The third kappa shape index (κ3) is 4.97. The molecule has 2 aromatic carbocycles. The molecule has 0 saturated carbocycles. The van der Waals surface area contributed by atoms with Gasteiger partial charge in [-0.05, 0) is 38.1 Å². The van der Waals surface area contributed by atoms with Crippen molar-refractivity contribution in [2.24, 2.45) is 0 Å². The van der Waals surface area contributed by atoms with E-state index in [1.807, 2.05) is 0 Å². The van der Waals surface area contributed by atoms with Gasteiger partial charge in [-0.1, -0.05) is 12.1 Å². The number of para-hydroxylation sites is 2. The van der Waals surface area contributed by atoms with E-state index in [4.69, 9.17) is 14.2 Å². The van der Waals surface area contributed by atoms with Crippen LogP contribution in [0.25, 0.3) is 0 Å². The molecule has 0 fully saturated rings. The molecule has 0 aliphatic carbocycles. The normalized spacial score (nSPS) is 11.2. The van der Waals surface area contributed by atoms with Crippen LogP contribution in [0, 0.1) is 10.1 Å². The molecule has 0 heterocycles. The van der Waals surface area contributed by atoms with Crippen molar-refractivity contribution in [3.05, 3.63) is 58.1 Å². The summed E-state index contributed by atoms with van der Waals surface area (Å²) in [7, 11) is 1.47. The maximum atomic E-state index is 12.3. The Morgan fingerprint density at radius 2 is 1.89 bits per heavy atom. The minimum absolute atomic E-state index is 0.0472. The third-order valence-corrected chi connectivity index (χ3v) is 3.71. The average Bonchev–Trinajstić information content (AvgIpc) is 2.68. The second-order valence-electron chi connectivity index (χ2n) is 5.61. The highest BCUT2D eigenvalue weighted by Crippen LogP contribution is 2.28. The van der Waals surface area contributed by atoms with E-state index in [1.165, 1.54) is 26.2 Å². The van der Waals surface area contributed by atoms with E-state index in [1.54, 1.807) is 31.2 Å². The molecule has 28 heavy (non-hydrogen) atoms. The molecule has 0 bridgehead atoms. The molecule has 9 heteroatoms. The lowest BCUT2D eigenvalue weighted by molar-refractivity contribution is -0.385. The zero-order chi connectivity index (χ0) is 20.7. The highest BCUT2D eigenvalue weighted by molar-refractivity contribution is 5.98. The lowest BCUT2D eigenvalue weighted by Gasteiger charge is -2.15. The fourth-order valence-corrected chi connectivity index (χ4v) is 2.33. The number of nitro benzene ring substituents is 1. The predicted octanol–water partition coefficient (Wildman–Crippen LogP) is 3.19. The van der Waals surface area contributed by atoms with Gasteiger partial charge in [0.05, 0.1) is 29.9 Å². The quantitative estimate of drug-likeness (QED) is 0.419. The number of methoxy groups -OCH3 is 1. The van der Waals surface area contributed by atoms with Gasteiger partial charge in [-0.3, -0.25) is 14.9 Å². The van der Waals surface area contributed by atoms with E-state index < -0.39 is 22.9 Å². The molecule has 0 aliphatic rings. The van der Waals surface area contributed by atoms with Gasteiger partial charge in [0, 0.05) is 6.07 Å². The molecule has 2 aromatic rings. The molecule has 0 saturated heterocycles. The van der Waals surface area contributed by atoms with Crippen molar-refractivity contribution in [3.63, 3.8) is 0 Å². The maximum Gasteiger partial charge on any atom is 0.339 e. The summed E-state index contributed by atoms with van der Waals surface area (Å²) in [6, 6.07) is 10.5. The number of ether oxygens (including phenoxy) is 3. The molecule has 1 unspecified atom stereocenters. The molecule has 0 aromatic heterocycles. The molecule has 0 radical (unpaired) electrons. The van der Waals surface area contributed by atoms with E-state index in [0.717, 1.165) is 6.07 Å². The number of carbonyl (C=O) groups excluding carboxylic acids is 2. The number of hydrogen-bond donors (Lipinski definition) is 1. The predicted molar refractivity (Wildman–Crippen MR) is 101 cm³/mol. The van der Waals surface area contributed by atoms with E-state index in [2.05, 4.69) is 5.32 Å². The summed E-state index contributed by atoms with van der Waals surface area (Å²) < 4.78 is 15.4. The van der Waals surface area contributed by atoms with Crippen LogP contribution in [0.4, 0.5) is 11.4 Å². The van der Waals surface area contributed by atoms with Gasteiger partial charge in [-0.25, -0.2) is 4.79 Å². The summed E-state index contributed by atoms with van der Waals surface area (Å²) in [6.07, 6.45) is -1.14. The van der Waals surface area contributed by atoms with Gasteiger partial charge in [0.25, 0.3) is 5.91 Å². The smallest absolute Gasteiger partial charge is 0.339 e. The second-order valence-corrected chi connectivity index (χ2v) is 5.61. The highest BCUT2D eigenvalue weighted by atomic mass is 16.6. The van der Waals surface area contributed by atoms with Crippen molar-refractivity contribution in [1.29, 1.82) is 0 Å². The molecule has 0 spiro atoms. The molecule has 2 rings (SSSR count). The Morgan fingerprint density at radius 3 is 2.54 bits per heavy atom. The van der Waals surface area contributed by atoms with Crippen LogP contribution in [-0.4, -0.2) is 36.6 Å². The number of carbonyl (C=O) groups is 2. The summed E-state index contributed by atoms with van der Waals surface area (Å²) in [5.74, 6) is -0.936. The van der Waals surface area contributed by atoms with Gasteiger partial charge in [0.1, 0.15) is 5.75 Å². The summed E-state index contributed by atoms with van der Waals surface area (Å²) in [5, 5.41) is 13.8. The van der Waals surface area contributed by atoms with Crippen LogP contribution in [0.5, 0.6) is 11.5 Å². The fourth-order valence-electron chi connectivity index (χ4n) is 2.33. The molecule has 1 amide bonds. The Bertz CT molecular complexity index is 882. The summed E-state index contributed by atoms with van der Waals surface area (Å²) in [4.78, 5) is 35.1. The van der Waals surface area contributed by atoms with Gasteiger partial charge in [-0.15, -0.1) is 0 Å². The summed E-state index contributed by atoms with van der Waals surface area (Å²) in [5.41, 5.74) is 0.00382. The lowest BCUT2D eigenvalue weighted by atomic mass is 10.2. The topological polar surface area (TPSA) is 117 Å². The molecule has 1 N–H and O–H groups in total. The van der Waals surface area contributed by atoms with Crippen molar-refractivity contribution in [2.75, 3.05) is 19.0 Å². The van der Waals surface area contributed by atoms with Gasteiger partial charge in [0.2, 0.25) is 0 Å². The summed E-state index contributed by atoms with van der Waals surface area (Å²) >= 11 is 0. The lowest BCUT2D eigenvalue weighted by Crippen LogP contribution is -2.30. The number of benzene rings is 2. The van der Waals surface area contributed by atoms with Gasteiger partial charge in [0.15, 0.2) is 11.9 Å². The minimum Gasteiger partial charge on any atom is -0.495 e. The van der Waals surface area contributed by atoms with Gasteiger partial charge < -0.3 is 19.5 Å². The van der Waals surface area contributed by atoms with Crippen LogP contribution >= 0.6 is 0 Å². The molecule has 1 atom stereocenters. The number of nitrogens with one attached hydrogen (secondary N) is 1. The van der Waals surface area contributed by atoms with Crippen molar-refractivity contribution in [3.8, 4) is 11.5 Å². The standard InChI is InChI=1S/C19H20N2O7/c1-4-27-17-10-9-13(11-15(17)21(24)25)19(23)28-12(2)18(22)20-14-7-5-6-8-16(14)26-3/h5-12H,4H2,1-3H3,(H,20,22). The number of rotatable bonds is 8. The monoisotopic (exact) mass is 388 g/mol. The SMILES string of the molecule is CCOc1ccc(C(=O)OC(C)C(=O)Nc2ccccc2OC)cc1[N+](=O)[O-]. The van der Waals surface area contributed by atoms with Crippen LogP contribution in [0.2, 0.25) is 0 Å². The number of anilines is 1. The Kier molecular flexibility index (Phi) is 6.91. The first kappa shape index (κ1) is 20.7. The van der Waals surface area contributed by atoms with Crippen LogP contribution < -0.4 is 14.8 Å². The van der Waals surface area contributed by atoms with Crippen molar-refractivity contribution in [1.82, 2.24) is 0 Å². The van der Waals surface area contributed by atoms with Crippen LogP contribution in [0.3, 0.4) is 0 Å².